The van der Waals surface area contributed by atoms with Crippen molar-refractivity contribution in [2.45, 2.75) is 31.7 Å². The largest absolute Gasteiger partial charge is 0.481 e. The monoisotopic (exact) mass is 576 g/mol. The molecule has 2 N–H and O–H groups in total. The number of piperidine rings is 1. The lowest BCUT2D eigenvalue weighted by molar-refractivity contribution is -0.143. The van der Waals surface area contributed by atoms with Crippen molar-refractivity contribution in [2.75, 3.05) is 18.4 Å². The number of carboxylic acid groups (broad SMARTS) is 1. The molecule has 4 aromatic rings. The molecular formula is C27H22F6N6O2. The van der Waals surface area contributed by atoms with E-state index in [0.29, 0.717) is 37.1 Å². The fourth-order valence-corrected chi connectivity index (χ4v) is 4.67. The third-order valence-corrected chi connectivity index (χ3v) is 6.75. The van der Waals surface area contributed by atoms with Gasteiger partial charge in [0.1, 0.15) is 17.3 Å². The van der Waals surface area contributed by atoms with Gasteiger partial charge >= 0.3 is 18.3 Å². The van der Waals surface area contributed by atoms with Gasteiger partial charge in [0.15, 0.2) is 0 Å². The van der Waals surface area contributed by atoms with Crippen LogP contribution in [-0.2, 0) is 23.7 Å². The van der Waals surface area contributed by atoms with Crippen LogP contribution in [0, 0.1) is 5.92 Å². The molecule has 0 spiro atoms. The number of halogens is 6. The molecule has 41 heavy (non-hydrogen) atoms. The maximum Gasteiger partial charge on any atom is 0.433 e. The minimum absolute atomic E-state index is 0.166. The second-order valence-electron chi connectivity index (χ2n) is 9.56. The number of pyridine rings is 2. The highest BCUT2D eigenvalue weighted by Gasteiger charge is 2.34. The van der Waals surface area contributed by atoms with Crippen molar-refractivity contribution in [2.24, 2.45) is 5.92 Å². The fraction of sp³-hybridized carbons (Fsp3) is 0.296. The number of alkyl halides is 6. The van der Waals surface area contributed by atoms with Crippen molar-refractivity contribution >= 4 is 28.4 Å². The van der Waals surface area contributed by atoms with Crippen LogP contribution in [0.1, 0.15) is 29.9 Å². The average molecular weight is 577 g/mol. The van der Waals surface area contributed by atoms with Crippen molar-refractivity contribution in [3.8, 4) is 11.3 Å². The third kappa shape index (κ3) is 6.37. The second kappa shape index (κ2) is 10.9. The van der Waals surface area contributed by atoms with E-state index in [2.05, 4.69) is 25.3 Å². The summed E-state index contributed by atoms with van der Waals surface area (Å²) in [6.07, 6.45) is -6.11. The normalized spacial score (nSPS) is 15.3. The van der Waals surface area contributed by atoms with Gasteiger partial charge in [0.25, 0.3) is 0 Å². The Kier molecular flexibility index (Phi) is 7.51. The summed E-state index contributed by atoms with van der Waals surface area (Å²) in [7, 11) is 0. The predicted molar refractivity (Wildman–Crippen MR) is 136 cm³/mol. The van der Waals surface area contributed by atoms with E-state index in [-0.39, 0.29) is 34.8 Å². The lowest BCUT2D eigenvalue weighted by Crippen LogP contribution is -2.36. The topological polar surface area (TPSA) is 104 Å². The number of likely N-dealkylation sites (tertiary alicyclic amines) is 1. The van der Waals surface area contributed by atoms with E-state index in [1.807, 2.05) is 4.90 Å². The van der Waals surface area contributed by atoms with Gasteiger partial charge in [-0.1, -0.05) is 6.07 Å². The average Bonchev–Trinajstić information content (AvgIpc) is 2.92. The van der Waals surface area contributed by atoms with Gasteiger partial charge in [-0.15, -0.1) is 0 Å². The molecule has 4 heterocycles. The van der Waals surface area contributed by atoms with Crippen LogP contribution in [-0.4, -0.2) is 49.0 Å². The summed E-state index contributed by atoms with van der Waals surface area (Å²) < 4.78 is 79.9. The first kappa shape index (κ1) is 28.2. The van der Waals surface area contributed by atoms with Crippen LogP contribution < -0.4 is 5.32 Å². The molecule has 0 aliphatic carbocycles. The summed E-state index contributed by atoms with van der Waals surface area (Å²) in [5.74, 6) is -0.793. The Morgan fingerprint density at radius 1 is 0.976 bits per heavy atom. The quantitative estimate of drug-likeness (QED) is 0.263. The molecule has 0 radical (unpaired) electrons. The molecule has 214 valence electrons. The highest BCUT2D eigenvalue weighted by Crippen LogP contribution is 2.37. The zero-order valence-electron chi connectivity index (χ0n) is 21.2. The molecule has 1 aliphatic heterocycles. The first-order valence-corrected chi connectivity index (χ1v) is 12.5. The van der Waals surface area contributed by atoms with E-state index in [1.54, 1.807) is 0 Å². The van der Waals surface area contributed by atoms with Crippen LogP contribution in [0.2, 0.25) is 0 Å². The molecule has 5 rings (SSSR count). The molecule has 0 bridgehead atoms. The molecule has 14 heteroatoms. The summed E-state index contributed by atoms with van der Waals surface area (Å²) in [6, 6.07) is 8.54. The first-order chi connectivity index (χ1) is 19.4. The van der Waals surface area contributed by atoms with Gasteiger partial charge < -0.3 is 10.4 Å². The minimum Gasteiger partial charge on any atom is -0.481 e. The SMILES string of the molecule is O=C(O)C1CCN(Cc2nc(Nc3ccc(C(F)(F)F)nc3)c3ccc(-c4ncccc4C(F)(F)F)cc3n2)CC1. The van der Waals surface area contributed by atoms with Crippen molar-refractivity contribution < 1.29 is 36.2 Å². The molecular weight excluding hydrogens is 554 g/mol. The van der Waals surface area contributed by atoms with Crippen LogP contribution >= 0.6 is 0 Å². The number of nitrogens with one attached hydrogen (secondary N) is 1. The number of carboxylic acids is 1. The Morgan fingerprint density at radius 2 is 1.73 bits per heavy atom. The molecule has 1 fully saturated rings. The van der Waals surface area contributed by atoms with Gasteiger partial charge in [0.2, 0.25) is 0 Å². The summed E-state index contributed by atoms with van der Waals surface area (Å²) in [5.41, 5.74) is -1.60. The maximum absolute atomic E-state index is 13.7. The number of aliphatic carboxylic acids is 1. The van der Waals surface area contributed by atoms with Gasteiger partial charge in [-0.2, -0.15) is 26.3 Å². The Labute approximate surface area is 229 Å². The van der Waals surface area contributed by atoms with Crippen molar-refractivity contribution in [1.29, 1.82) is 0 Å². The zero-order chi connectivity index (χ0) is 29.4. The summed E-state index contributed by atoms with van der Waals surface area (Å²) in [6.45, 7) is 1.18. The van der Waals surface area contributed by atoms with E-state index < -0.39 is 35.5 Å². The highest BCUT2D eigenvalue weighted by atomic mass is 19.4. The minimum atomic E-state index is -4.64. The summed E-state index contributed by atoms with van der Waals surface area (Å²) in [4.78, 5) is 29.8. The molecule has 8 nitrogen and oxygen atoms in total. The standard InChI is InChI=1S/C27H22F6N6O2/c28-26(29,30)19-2-1-9-34-23(19)16-3-5-18-20(12-16)37-22(14-39-10-7-15(8-11-39)25(40)41)38-24(18)36-17-4-6-21(35-13-17)27(31,32)33/h1-6,9,12-13,15H,7-8,10-11,14H2,(H,40,41)(H,36,37,38). The lowest BCUT2D eigenvalue weighted by atomic mass is 9.97. The number of anilines is 2. The number of aromatic nitrogens is 4. The zero-order valence-corrected chi connectivity index (χ0v) is 21.2. The lowest BCUT2D eigenvalue weighted by Gasteiger charge is -2.29. The molecule has 1 saturated heterocycles. The van der Waals surface area contributed by atoms with Crippen LogP contribution in [0.15, 0.2) is 54.9 Å². The number of hydrogen-bond donors (Lipinski definition) is 2. The van der Waals surface area contributed by atoms with E-state index in [0.717, 1.165) is 18.3 Å². The van der Waals surface area contributed by atoms with Crippen molar-refractivity contribution in [1.82, 2.24) is 24.8 Å². The van der Waals surface area contributed by atoms with Crippen molar-refractivity contribution in [3.63, 3.8) is 0 Å². The summed E-state index contributed by atoms with van der Waals surface area (Å²) >= 11 is 0. The first-order valence-electron chi connectivity index (χ1n) is 12.5. The van der Waals surface area contributed by atoms with Gasteiger partial charge in [-0.05, 0) is 62.3 Å². The van der Waals surface area contributed by atoms with Crippen molar-refractivity contribution in [3.05, 3.63) is 71.9 Å². The number of rotatable bonds is 6. The predicted octanol–water partition coefficient (Wildman–Crippen LogP) is 6.16. The number of carbonyl (C=O) groups is 1. The van der Waals surface area contributed by atoms with Crippen LogP contribution in [0.4, 0.5) is 37.8 Å². The molecule has 1 aromatic carbocycles. The Bertz CT molecular complexity index is 1570. The maximum atomic E-state index is 13.7. The highest BCUT2D eigenvalue weighted by molar-refractivity contribution is 5.93. The smallest absolute Gasteiger partial charge is 0.433 e. The fourth-order valence-electron chi connectivity index (χ4n) is 4.67. The Morgan fingerprint density at radius 3 is 2.37 bits per heavy atom. The van der Waals surface area contributed by atoms with Gasteiger partial charge in [-0.25, -0.2) is 15.0 Å². The molecule has 1 aliphatic rings. The summed E-state index contributed by atoms with van der Waals surface area (Å²) in [5, 5.41) is 12.6. The number of benzene rings is 1. The molecule has 0 unspecified atom stereocenters. The van der Waals surface area contributed by atoms with Crippen LogP contribution in [0.25, 0.3) is 22.2 Å². The number of hydrogen-bond acceptors (Lipinski definition) is 7. The van der Waals surface area contributed by atoms with Crippen LogP contribution in [0.3, 0.4) is 0 Å². The molecule has 0 saturated carbocycles. The van der Waals surface area contributed by atoms with E-state index in [9.17, 15) is 36.2 Å². The Hall–Kier alpha value is -4.33. The molecule has 0 atom stereocenters. The molecule has 0 amide bonds. The van der Waals surface area contributed by atoms with Gasteiger partial charge in [0.05, 0.1) is 41.1 Å². The van der Waals surface area contributed by atoms with E-state index in [4.69, 9.17) is 0 Å². The van der Waals surface area contributed by atoms with Gasteiger partial charge in [0, 0.05) is 17.1 Å². The Balaban J connectivity index is 1.53. The van der Waals surface area contributed by atoms with Crippen LogP contribution in [0.5, 0.6) is 0 Å². The number of nitrogens with zero attached hydrogens (tertiary/aromatic N) is 5. The van der Waals surface area contributed by atoms with E-state index in [1.165, 1.54) is 36.5 Å². The number of fused-ring (bicyclic) bond motifs is 1. The second-order valence-corrected chi connectivity index (χ2v) is 9.56. The van der Waals surface area contributed by atoms with Gasteiger partial charge in [-0.3, -0.25) is 14.7 Å². The third-order valence-electron chi connectivity index (χ3n) is 6.75. The molecule has 3 aromatic heterocycles. The van der Waals surface area contributed by atoms with E-state index >= 15 is 0 Å².